The molecule has 1 aromatic heterocycles. The van der Waals surface area contributed by atoms with Crippen LogP contribution in [0.15, 0.2) is 23.0 Å². The van der Waals surface area contributed by atoms with Crippen molar-refractivity contribution in [3.05, 3.63) is 28.7 Å². The molecule has 3 saturated heterocycles. The second kappa shape index (κ2) is 8.85. The number of hydrogen-bond donors (Lipinski definition) is 2. The maximum Gasteiger partial charge on any atom is 0.330 e. The van der Waals surface area contributed by atoms with Crippen LogP contribution in [0.1, 0.15) is 50.6 Å². The molecule has 0 bridgehead atoms. The van der Waals surface area contributed by atoms with E-state index < -0.39 is 6.04 Å². The summed E-state index contributed by atoms with van der Waals surface area (Å²) in [5.41, 5.74) is 2.71. The Kier molecular flexibility index (Phi) is 5.69. The number of nitrogens with one attached hydrogen (secondary N) is 2. The Hall–Kier alpha value is -2.65. The Morgan fingerprint density at radius 3 is 2.32 bits per heavy atom. The van der Waals surface area contributed by atoms with Gasteiger partial charge in [0.05, 0.1) is 11.0 Å². The molecule has 4 aliphatic rings. The second-order valence-corrected chi connectivity index (χ2v) is 10.4. The minimum Gasteiger partial charge on any atom is -0.369 e. The number of aromatic nitrogens is 2. The lowest BCUT2D eigenvalue weighted by Gasteiger charge is -2.38. The van der Waals surface area contributed by atoms with Gasteiger partial charge in [-0.25, -0.2) is 4.79 Å². The van der Waals surface area contributed by atoms with Crippen molar-refractivity contribution in [2.45, 2.75) is 50.6 Å². The van der Waals surface area contributed by atoms with Crippen LogP contribution in [-0.4, -0.2) is 71.7 Å². The van der Waals surface area contributed by atoms with Gasteiger partial charge in [0.15, 0.2) is 0 Å². The molecule has 2 amide bonds. The topological polar surface area (TPSA) is 91.6 Å². The minimum absolute atomic E-state index is 0.129. The normalized spacial score (nSPS) is 25.2. The molecule has 1 unspecified atom stereocenters. The molecule has 1 atom stereocenters. The number of benzene rings is 1. The smallest absolute Gasteiger partial charge is 0.330 e. The third-order valence-corrected chi connectivity index (χ3v) is 8.04. The molecular weight excluding hydrogens is 432 g/mol. The molecule has 4 heterocycles. The van der Waals surface area contributed by atoms with Gasteiger partial charge in [-0.2, -0.15) is 0 Å². The summed E-state index contributed by atoms with van der Waals surface area (Å²) in [6.45, 7) is 7.58. The lowest BCUT2D eigenvalue weighted by molar-refractivity contribution is -0.135. The van der Waals surface area contributed by atoms with Crippen LogP contribution < -0.4 is 21.2 Å². The summed E-state index contributed by atoms with van der Waals surface area (Å²) >= 11 is 0. The molecule has 0 spiro atoms. The standard InChI is InChI=1S/C25H34N6O3/c32-23-6-5-21(24(33)27-23)31-20-4-3-19(15-22(20)30(25(31)34)18-1-2-18)29-13-11-28(12-14-29)16-17-7-9-26-10-8-17/h3-4,15,17-18,21,26H,1-2,5-14,16H2,(H,27,32,33). The molecule has 9 nitrogen and oxygen atoms in total. The zero-order valence-corrected chi connectivity index (χ0v) is 19.7. The van der Waals surface area contributed by atoms with E-state index in [1.54, 1.807) is 4.57 Å². The molecule has 0 radical (unpaired) electrons. The summed E-state index contributed by atoms with van der Waals surface area (Å²) in [5, 5.41) is 5.86. The highest BCUT2D eigenvalue weighted by Gasteiger charge is 2.35. The van der Waals surface area contributed by atoms with E-state index >= 15 is 0 Å². The molecule has 34 heavy (non-hydrogen) atoms. The SMILES string of the molecule is O=C1CCC(n2c(=O)n(C3CC3)c3cc(N4CCN(CC5CCNCC5)CC4)ccc32)C(=O)N1. The molecule has 6 rings (SSSR count). The zero-order valence-electron chi connectivity index (χ0n) is 19.7. The van der Waals surface area contributed by atoms with E-state index in [2.05, 4.69) is 32.6 Å². The van der Waals surface area contributed by atoms with Crippen molar-refractivity contribution in [1.29, 1.82) is 0 Å². The van der Waals surface area contributed by atoms with Gasteiger partial charge in [0.2, 0.25) is 11.8 Å². The highest BCUT2D eigenvalue weighted by Crippen LogP contribution is 2.38. The molecule has 9 heteroatoms. The number of rotatable bonds is 5. The van der Waals surface area contributed by atoms with Gasteiger partial charge < -0.3 is 10.2 Å². The van der Waals surface area contributed by atoms with E-state index in [0.29, 0.717) is 6.42 Å². The Morgan fingerprint density at radius 2 is 1.62 bits per heavy atom. The van der Waals surface area contributed by atoms with Gasteiger partial charge in [-0.1, -0.05) is 0 Å². The first kappa shape index (κ1) is 21.9. The Morgan fingerprint density at radius 1 is 0.853 bits per heavy atom. The predicted octanol–water partition coefficient (Wildman–Crippen LogP) is 1.24. The summed E-state index contributed by atoms with van der Waals surface area (Å²) in [7, 11) is 0. The highest BCUT2D eigenvalue weighted by atomic mass is 16.2. The summed E-state index contributed by atoms with van der Waals surface area (Å²) in [6.07, 6.45) is 5.18. The lowest BCUT2D eigenvalue weighted by atomic mass is 9.97. The number of hydrogen-bond acceptors (Lipinski definition) is 6. The second-order valence-electron chi connectivity index (χ2n) is 10.4. The number of carbonyl (C=O) groups is 2. The summed E-state index contributed by atoms with van der Waals surface area (Å²) < 4.78 is 3.51. The first-order valence-electron chi connectivity index (χ1n) is 12.9. The largest absolute Gasteiger partial charge is 0.369 e. The van der Waals surface area contributed by atoms with Gasteiger partial charge in [0, 0.05) is 50.9 Å². The van der Waals surface area contributed by atoms with Crippen LogP contribution in [-0.2, 0) is 9.59 Å². The van der Waals surface area contributed by atoms with Crippen molar-refractivity contribution in [2.24, 2.45) is 5.92 Å². The highest BCUT2D eigenvalue weighted by molar-refractivity contribution is 6.00. The fraction of sp³-hybridized carbons (Fsp3) is 0.640. The zero-order chi connectivity index (χ0) is 23.2. The molecule has 3 aliphatic heterocycles. The lowest BCUT2D eigenvalue weighted by Crippen LogP contribution is -2.48. The fourth-order valence-electron chi connectivity index (χ4n) is 5.96. The minimum atomic E-state index is -0.628. The van der Waals surface area contributed by atoms with Crippen molar-refractivity contribution in [3.63, 3.8) is 0 Å². The van der Waals surface area contributed by atoms with Gasteiger partial charge in [-0.15, -0.1) is 0 Å². The van der Waals surface area contributed by atoms with Crippen molar-refractivity contribution >= 4 is 28.5 Å². The van der Waals surface area contributed by atoms with Crippen LogP contribution in [0.3, 0.4) is 0 Å². The van der Waals surface area contributed by atoms with Gasteiger partial charge in [-0.05, 0) is 69.3 Å². The average Bonchev–Trinajstić information content (AvgIpc) is 3.63. The van der Waals surface area contributed by atoms with Crippen LogP contribution in [0.4, 0.5) is 5.69 Å². The first-order valence-corrected chi connectivity index (χ1v) is 12.9. The van der Waals surface area contributed by atoms with Gasteiger partial charge >= 0.3 is 5.69 Å². The summed E-state index contributed by atoms with van der Waals surface area (Å²) in [6, 6.07) is 5.80. The maximum absolute atomic E-state index is 13.5. The number of anilines is 1. The van der Waals surface area contributed by atoms with Gasteiger partial charge in [-0.3, -0.25) is 28.9 Å². The number of imide groups is 1. The molecule has 1 aliphatic carbocycles. The average molecular weight is 467 g/mol. The van der Waals surface area contributed by atoms with Crippen molar-refractivity contribution in [3.8, 4) is 0 Å². The fourth-order valence-corrected chi connectivity index (χ4v) is 5.96. The van der Waals surface area contributed by atoms with Gasteiger partial charge in [0.25, 0.3) is 0 Å². The number of imidazole rings is 1. The molecule has 4 fully saturated rings. The molecular formula is C25H34N6O3. The number of amides is 2. The van der Waals surface area contributed by atoms with Crippen LogP contribution in [0, 0.1) is 5.92 Å². The summed E-state index contributed by atoms with van der Waals surface area (Å²) in [5.74, 6) is 0.174. The van der Waals surface area contributed by atoms with Gasteiger partial charge in [0.1, 0.15) is 6.04 Å². The van der Waals surface area contributed by atoms with Crippen molar-refractivity contribution in [2.75, 3.05) is 50.7 Å². The maximum atomic E-state index is 13.5. The third-order valence-electron chi connectivity index (χ3n) is 8.04. The molecule has 2 aromatic rings. The number of nitrogens with zero attached hydrogens (tertiary/aromatic N) is 4. The molecule has 182 valence electrons. The number of carbonyl (C=O) groups excluding carboxylic acids is 2. The molecule has 2 N–H and O–H groups in total. The Labute approximate surface area is 199 Å². The quantitative estimate of drug-likeness (QED) is 0.645. The van der Waals surface area contributed by atoms with E-state index in [4.69, 9.17) is 0 Å². The third kappa shape index (κ3) is 4.05. The van der Waals surface area contributed by atoms with Crippen molar-refractivity contribution in [1.82, 2.24) is 24.7 Å². The van der Waals surface area contributed by atoms with E-state index in [0.717, 1.165) is 74.7 Å². The number of piperidine rings is 2. The number of piperazine rings is 1. The molecule has 1 saturated carbocycles. The van der Waals surface area contributed by atoms with Crippen molar-refractivity contribution < 1.29 is 9.59 Å². The van der Waals surface area contributed by atoms with Crippen LogP contribution in [0.25, 0.3) is 11.0 Å². The molecule has 1 aromatic carbocycles. The van der Waals surface area contributed by atoms with E-state index in [-0.39, 0.29) is 30.0 Å². The van der Waals surface area contributed by atoms with E-state index in [9.17, 15) is 14.4 Å². The van der Waals surface area contributed by atoms with Crippen LogP contribution >= 0.6 is 0 Å². The predicted molar refractivity (Wildman–Crippen MR) is 130 cm³/mol. The van der Waals surface area contributed by atoms with E-state index in [1.807, 2.05) is 10.6 Å². The monoisotopic (exact) mass is 466 g/mol. The first-order chi connectivity index (χ1) is 16.6. The number of fused-ring (bicyclic) bond motifs is 1. The Bertz CT molecular complexity index is 1150. The summed E-state index contributed by atoms with van der Waals surface area (Å²) in [4.78, 5) is 42.7. The van der Waals surface area contributed by atoms with Crippen LogP contribution in [0.5, 0.6) is 0 Å². The van der Waals surface area contributed by atoms with Crippen LogP contribution in [0.2, 0.25) is 0 Å². The van der Waals surface area contributed by atoms with E-state index in [1.165, 1.54) is 19.4 Å². The Balaban J connectivity index is 1.24.